The maximum Gasteiger partial charge on any atom is 0.411 e. The molecule has 2 rings (SSSR count). The van der Waals surface area contributed by atoms with Crippen LogP contribution in [0.1, 0.15) is 6.42 Å². The van der Waals surface area contributed by atoms with Gasteiger partial charge in [-0.15, -0.1) is 0 Å². The predicted molar refractivity (Wildman–Crippen MR) is 43.4 cm³/mol. The van der Waals surface area contributed by atoms with E-state index < -0.39 is 6.09 Å². The monoisotopic (exact) mass is 165 g/mol. The van der Waals surface area contributed by atoms with Crippen molar-refractivity contribution >= 4 is 18.1 Å². The summed E-state index contributed by atoms with van der Waals surface area (Å²) in [5, 5.41) is 8.65. The Bertz CT molecular complexity index is 317. The van der Waals surface area contributed by atoms with Gasteiger partial charge in [0.25, 0.3) is 0 Å². The highest BCUT2D eigenvalue weighted by atomic mass is 16.4. The molecule has 0 bridgehead atoms. The lowest BCUT2D eigenvalue weighted by atomic mass is 10.1. The minimum absolute atomic E-state index is 0.473. The van der Waals surface area contributed by atoms with Crippen LogP contribution in [0.4, 0.5) is 4.79 Å². The van der Waals surface area contributed by atoms with Gasteiger partial charge < -0.3 is 5.11 Å². The second kappa shape index (κ2) is 2.44. The molecule has 1 N–H and O–H groups in total. The van der Waals surface area contributed by atoms with Crippen molar-refractivity contribution in [2.75, 3.05) is 6.54 Å². The molecule has 2 aliphatic heterocycles. The van der Waals surface area contributed by atoms with Gasteiger partial charge in [-0.1, -0.05) is 0 Å². The summed E-state index contributed by atoms with van der Waals surface area (Å²) >= 11 is 0. The SMILES string of the molecule is O=C(O)N1C=C2N=CN=C2CC1. The lowest BCUT2D eigenvalue weighted by molar-refractivity contribution is 0.163. The summed E-state index contributed by atoms with van der Waals surface area (Å²) in [6, 6.07) is 0. The summed E-state index contributed by atoms with van der Waals surface area (Å²) in [5.41, 5.74) is 1.55. The molecule has 1 amide bonds. The van der Waals surface area contributed by atoms with Gasteiger partial charge in [-0.2, -0.15) is 0 Å². The molecule has 0 fully saturated rings. The van der Waals surface area contributed by atoms with Gasteiger partial charge in [-0.05, 0) is 0 Å². The Hall–Kier alpha value is -1.65. The van der Waals surface area contributed by atoms with Crippen molar-refractivity contribution in [1.82, 2.24) is 4.90 Å². The van der Waals surface area contributed by atoms with Crippen LogP contribution in [0.3, 0.4) is 0 Å². The van der Waals surface area contributed by atoms with Crippen LogP contribution in [0.2, 0.25) is 0 Å². The highest BCUT2D eigenvalue weighted by Crippen LogP contribution is 2.16. The lowest BCUT2D eigenvalue weighted by Crippen LogP contribution is -2.30. The van der Waals surface area contributed by atoms with Crippen LogP contribution in [-0.4, -0.2) is 34.7 Å². The van der Waals surface area contributed by atoms with Crippen molar-refractivity contribution in [1.29, 1.82) is 0 Å². The molecule has 0 spiro atoms. The third-order valence-electron chi connectivity index (χ3n) is 1.82. The number of hydrogen-bond acceptors (Lipinski definition) is 3. The average molecular weight is 165 g/mol. The van der Waals surface area contributed by atoms with Crippen molar-refractivity contribution in [2.45, 2.75) is 6.42 Å². The molecule has 5 nitrogen and oxygen atoms in total. The zero-order chi connectivity index (χ0) is 8.55. The summed E-state index contributed by atoms with van der Waals surface area (Å²) in [4.78, 5) is 19.7. The van der Waals surface area contributed by atoms with Crippen LogP contribution in [-0.2, 0) is 0 Å². The highest BCUT2D eigenvalue weighted by Gasteiger charge is 2.21. The van der Waals surface area contributed by atoms with E-state index in [1.54, 1.807) is 0 Å². The fraction of sp³-hybridized carbons (Fsp3) is 0.286. The van der Waals surface area contributed by atoms with Gasteiger partial charge in [0.05, 0.1) is 5.71 Å². The number of aliphatic imine (C=N–C) groups is 2. The number of rotatable bonds is 0. The number of carboxylic acid groups (broad SMARTS) is 1. The molecule has 12 heavy (non-hydrogen) atoms. The molecule has 5 heteroatoms. The molecule has 0 aliphatic carbocycles. The Balaban J connectivity index is 2.27. The third kappa shape index (κ3) is 0.990. The van der Waals surface area contributed by atoms with Gasteiger partial charge in [0, 0.05) is 19.2 Å². The number of allylic oxidation sites excluding steroid dienone is 1. The Labute approximate surface area is 68.7 Å². The fourth-order valence-corrected chi connectivity index (χ4v) is 1.19. The molecule has 0 aromatic heterocycles. The number of carbonyl (C=O) groups is 1. The summed E-state index contributed by atoms with van der Waals surface area (Å²) < 4.78 is 0. The van der Waals surface area contributed by atoms with E-state index >= 15 is 0 Å². The summed E-state index contributed by atoms with van der Waals surface area (Å²) in [6.07, 6.45) is 2.67. The number of fused-ring (bicyclic) bond motifs is 1. The largest absolute Gasteiger partial charge is 0.465 e. The smallest absolute Gasteiger partial charge is 0.411 e. The Morgan fingerprint density at radius 3 is 3.25 bits per heavy atom. The molecule has 0 saturated carbocycles. The van der Waals surface area contributed by atoms with Crippen LogP contribution in [0.25, 0.3) is 0 Å². The first-order valence-corrected chi connectivity index (χ1v) is 3.58. The summed E-state index contributed by atoms with van der Waals surface area (Å²) in [7, 11) is 0. The van der Waals surface area contributed by atoms with Gasteiger partial charge in [0.1, 0.15) is 12.0 Å². The van der Waals surface area contributed by atoms with E-state index in [2.05, 4.69) is 9.98 Å². The summed E-state index contributed by atoms with van der Waals surface area (Å²) in [5.74, 6) is 0. The van der Waals surface area contributed by atoms with E-state index in [0.717, 1.165) is 5.71 Å². The molecule has 0 unspecified atom stereocenters. The van der Waals surface area contributed by atoms with Gasteiger partial charge in [-0.3, -0.25) is 4.90 Å². The van der Waals surface area contributed by atoms with E-state index in [0.29, 0.717) is 18.7 Å². The maximum atomic E-state index is 10.5. The van der Waals surface area contributed by atoms with Crippen molar-refractivity contribution in [3.05, 3.63) is 11.9 Å². The highest BCUT2D eigenvalue weighted by molar-refractivity contribution is 6.08. The van der Waals surface area contributed by atoms with E-state index in [1.165, 1.54) is 17.4 Å². The molecule has 0 aromatic rings. The van der Waals surface area contributed by atoms with Crippen molar-refractivity contribution in [3.8, 4) is 0 Å². The van der Waals surface area contributed by atoms with Crippen molar-refractivity contribution in [3.63, 3.8) is 0 Å². The first-order valence-electron chi connectivity index (χ1n) is 3.58. The standard InChI is InChI=1S/C7H7N3O2/c11-7(12)10-2-1-5-6(3-10)9-4-8-5/h3-4H,1-2H2,(H,11,12). The molecule has 0 aromatic carbocycles. The Morgan fingerprint density at radius 2 is 2.50 bits per heavy atom. The van der Waals surface area contributed by atoms with Crippen LogP contribution >= 0.6 is 0 Å². The fourth-order valence-electron chi connectivity index (χ4n) is 1.19. The molecular formula is C7H7N3O2. The number of nitrogens with zero attached hydrogens (tertiary/aromatic N) is 3. The number of amides is 1. The van der Waals surface area contributed by atoms with Gasteiger partial charge >= 0.3 is 6.09 Å². The minimum Gasteiger partial charge on any atom is -0.465 e. The zero-order valence-electron chi connectivity index (χ0n) is 6.27. The molecular weight excluding hydrogens is 158 g/mol. The van der Waals surface area contributed by atoms with E-state index in [9.17, 15) is 4.79 Å². The first kappa shape index (κ1) is 7.02. The van der Waals surface area contributed by atoms with E-state index in [-0.39, 0.29) is 0 Å². The third-order valence-corrected chi connectivity index (χ3v) is 1.82. The van der Waals surface area contributed by atoms with E-state index in [1.807, 2.05) is 0 Å². The van der Waals surface area contributed by atoms with Crippen molar-refractivity contribution < 1.29 is 9.90 Å². The van der Waals surface area contributed by atoms with Crippen LogP contribution in [0.5, 0.6) is 0 Å². The Kier molecular flexibility index (Phi) is 1.43. The second-order valence-electron chi connectivity index (χ2n) is 2.56. The maximum absolute atomic E-state index is 10.5. The first-order chi connectivity index (χ1) is 5.77. The molecule has 2 heterocycles. The molecule has 0 saturated heterocycles. The minimum atomic E-state index is -0.941. The van der Waals surface area contributed by atoms with Crippen LogP contribution < -0.4 is 0 Å². The molecule has 62 valence electrons. The molecule has 2 aliphatic rings. The molecule has 0 radical (unpaired) electrons. The topological polar surface area (TPSA) is 65.3 Å². The predicted octanol–water partition coefficient (Wildman–Crippen LogP) is 0.694. The quantitative estimate of drug-likeness (QED) is 0.574. The van der Waals surface area contributed by atoms with Crippen LogP contribution in [0.15, 0.2) is 21.9 Å². The summed E-state index contributed by atoms with van der Waals surface area (Å²) in [6.45, 7) is 0.473. The number of hydrogen-bond donors (Lipinski definition) is 1. The molecule has 0 atom stereocenters. The van der Waals surface area contributed by atoms with Gasteiger partial charge in [0.15, 0.2) is 0 Å². The van der Waals surface area contributed by atoms with E-state index in [4.69, 9.17) is 5.11 Å². The van der Waals surface area contributed by atoms with Gasteiger partial charge in [0.2, 0.25) is 0 Å². The lowest BCUT2D eigenvalue weighted by Gasteiger charge is -2.19. The average Bonchev–Trinajstić information content (AvgIpc) is 2.49. The zero-order valence-corrected chi connectivity index (χ0v) is 6.27. The second-order valence-corrected chi connectivity index (χ2v) is 2.56. The Morgan fingerprint density at radius 1 is 1.67 bits per heavy atom. The van der Waals surface area contributed by atoms with Gasteiger partial charge in [-0.25, -0.2) is 14.8 Å². The van der Waals surface area contributed by atoms with Crippen molar-refractivity contribution in [2.24, 2.45) is 9.98 Å². The van der Waals surface area contributed by atoms with Crippen LogP contribution in [0, 0.1) is 0 Å². The normalized spacial score (nSPS) is 20.2.